The van der Waals surface area contributed by atoms with E-state index in [1.165, 1.54) is 25.7 Å². The lowest BCUT2D eigenvalue weighted by Gasteiger charge is -2.36. The first-order valence-electron chi connectivity index (χ1n) is 7.57. The van der Waals surface area contributed by atoms with Crippen molar-refractivity contribution in [2.24, 2.45) is 11.3 Å². The number of nitrogens with zero attached hydrogens (tertiary/aromatic N) is 2. The molecule has 0 radical (unpaired) electrons. The number of hydrogen-bond acceptors (Lipinski definition) is 3. The van der Waals surface area contributed by atoms with Crippen LogP contribution < -0.4 is 5.32 Å². The topological polar surface area (TPSA) is 37.8 Å². The van der Waals surface area contributed by atoms with E-state index < -0.39 is 0 Å². The van der Waals surface area contributed by atoms with Gasteiger partial charge in [-0.25, -0.2) is 9.97 Å². The second-order valence-electron chi connectivity index (χ2n) is 6.74. The molecule has 0 spiro atoms. The number of anilines is 1. The molecule has 1 saturated carbocycles. The van der Waals surface area contributed by atoms with Gasteiger partial charge in [0.2, 0.25) is 0 Å². The van der Waals surface area contributed by atoms with Crippen molar-refractivity contribution in [1.82, 2.24) is 9.97 Å². The molecule has 0 aromatic carbocycles. The first-order chi connectivity index (χ1) is 9.00. The largest absolute Gasteiger partial charge is 0.370 e. The molecule has 1 fully saturated rings. The Hall–Kier alpha value is -1.12. The maximum absolute atomic E-state index is 4.65. The fraction of sp³-hybridized carbons (Fsp3) is 0.750. The quantitative estimate of drug-likeness (QED) is 0.885. The first-order valence-corrected chi connectivity index (χ1v) is 7.57. The summed E-state index contributed by atoms with van der Waals surface area (Å²) in [6.07, 6.45) is 6.97. The van der Waals surface area contributed by atoms with Gasteiger partial charge in [0.1, 0.15) is 11.6 Å². The van der Waals surface area contributed by atoms with Crippen LogP contribution in [0.1, 0.15) is 65.1 Å². The average Bonchev–Trinajstić information content (AvgIpc) is 2.39. The zero-order valence-corrected chi connectivity index (χ0v) is 12.7. The highest BCUT2D eigenvalue weighted by atomic mass is 15.0. The van der Waals surface area contributed by atoms with Gasteiger partial charge in [-0.1, -0.05) is 20.8 Å². The average molecular weight is 261 g/mol. The Kier molecular flexibility index (Phi) is 4.43. The van der Waals surface area contributed by atoms with Gasteiger partial charge < -0.3 is 5.32 Å². The molecule has 1 heterocycles. The maximum atomic E-state index is 4.65. The molecule has 1 aromatic heterocycles. The summed E-state index contributed by atoms with van der Waals surface area (Å²) >= 11 is 0. The SMILES string of the molecule is CCNc1ccnc(C2CCC(C(C)(C)C)CC2)n1. The van der Waals surface area contributed by atoms with Crippen LogP contribution in [0.5, 0.6) is 0 Å². The van der Waals surface area contributed by atoms with Gasteiger partial charge in [-0.05, 0) is 50.0 Å². The summed E-state index contributed by atoms with van der Waals surface area (Å²) in [5.41, 5.74) is 0.442. The Morgan fingerprint density at radius 3 is 2.47 bits per heavy atom. The predicted molar refractivity (Wildman–Crippen MR) is 80.3 cm³/mol. The Labute approximate surface area is 117 Å². The Balaban J connectivity index is 1.99. The summed E-state index contributed by atoms with van der Waals surface area (Å²) in [5, 5.41) is 3.27. The summed E-state index contributed by atoms with van der Waals surface area (Å²) in [7, 11) is 0. The normalized spacial score (nSPS) is 24.2. The van der Waals surface area contributed by atoms with E-state index >= 15 is 0 Å². The van der Waals surface area contributed by atoms with Crippen LogP contribution in [-0.2, 0) is 0 Å². The molecule has 1 aromatic rings. The third kappa shape index (κ3) is 3.68. The van der Waals surface area contributed by atoms with Crippen LogP contribution in [0.25, 0.3) is 0 Å². The number of aromatic nitrogens is 2. The van der Waals surface area contributed by atoms with Gasteiger partial charge in [-0.2, -0.15) is 0 Å². The van der Waals surface area contributed by atoms with E-state index in [1.54, 1.807) is 0 Å². The monoisotopic (exact) mass is 261 g/mol. The van der Waals surface area contributed by atoms with Gasteiger partial charge >= 0.3 is 0 Å². The highest BCUT2D eigenvalue weighted by molar-refractivity contribution is 5.33. The second-order valence-corrected chi connectivity index (χ2v) is 6.74. The molecule has 19 heavy (non-hydrogen) atoms. The van der Waals surface area contributed by atoms with Gasteiger partial charge in [0.15, 0.2) is 0 Å². The lowest BCUT2D eigenvalue weighted by Crippen LogP contribution is -2.25. The van der Waals surface area contributed by atoms with Gasteiger partial charge in [0.25, 0.3) is 0 Å². The molecular weight excluding hydrogens is 234 g/mol. The molecular formula is C16H27N3. The van der Waals surface area contributed by atoms with Crippen LogP contribution >= 0.6 is 0 Å². The molecule has 0 atom stereocenters. The molecule has 2 rings (SSSR count). The summed E-state index contributed by atoms with van der Waals surface area (Å²) in [5.74, 6) is 3.40. The van der Waals surface area contributed by atoms with Crippen LogP contribution in [0.3, 0.4) is 0 Å². The Bertz CT molecular complexity index is 401. The maximum Gasteiger partial charge on any atom is 0.133 e. The van der Waals surface area contributed by atoms with E-state index in [9.17, 15) is 0 Å². The highest BCUT2D eigenvalue weighted by Gasteiger charge is 2.31. The molecule has 0 bridgehead atoms. The summed E-state index contributed by atoms with van der Waals surface area (Å²) in [4.78, 5) is 9.13. The fourth-order valence-corrected chi connectivity index (χ4v) is 3.07. The number of hydrogen-bond donors (Lipinski definition) is 1. The number of rotatable bonds is 3. The van der Waals surface area contributed by atoms with Gasteiger partial charge in [0, 0.05) is 18.7 Å². The number of nitrogens with one attached hydrogen (secondary N) is 1. The van der Waals surface area contributed by atoms with Crippen molar-refractivity contribution in [2.75, 3.05) is 11.9 Å². The lowest BCUT2D eigenvalue weighted by atomic mass is 9.70. The van der Waals surface area contributed by atoms with Crippen molar-refractivity contribution >= 4 is 5.82 Å². The third-order valence-corrected chi connectivity index (χ3v) is 4.35. The van der Waals surface area contributed by atoms with Crippen molar-refractivity contribution in [1.29, 1.82) is 0 Å². The third-order valence-electron chi connectivity index (χ3n) is 4.35. The van der Waals surface area contributed by atoms with Gasteiger partial charge in [0.05, 0.1) is 0 Å². The minimum absolute atomic E-state index is 0.442. The van der Waals surface area contributed by atoms with E-state index in [2.05, 4.69) is 43.0 Å². The summed E-state index contributed by atoms with van der Waals surface area (Å²) < 4.78 is 0. The molecule has 0 unspecified atom stereocenters. The molecule has 106 valence electrons. The standard InChI is InChI=1S/C16H27N3/c1-5-17-14-10-11-18-15(19-14)12-6-8-13(9-7-12)16(2,3)4/h10-13H,5-9H2,1-4H3,(H,17,18,19). The minimum atomic E-state index is 0.442. The Morgan fingerprint density at radius 1 is 1.21 bits per heavy atom. The summed E-state index contributed by atoms with van der Waals surface area (Å²) in [6.45, 7) is 10.1. The molecule has 1 aliphatic carbocycles. The van der Waals surface area contributed by atoms with Gasteiger partial charge in [-0.15, -0.1) is 0 Å². The molecule has 1 N–H and O–H groups in total. The first kappa shape index (κ1) is 14.3. The van der Waals surface area contributed by atoms with Crippen LogP contribution in [-0.4, -0.2) is 16.5 Å². The second kappa shape index (κ2) is 5.89. The van der Waals surface area contributed by atoms with E-state index in [-0.39, 0.29) is 0 Å². The predicted octanol–water partition coefficient (Wildman–Crippen LogP) is 4.23. The van der Waals surface area contributed by atoms with Crippen LogP contribution in [0.4, 0.5) is 5.82 Å². The molecule has 1 aliphatic rings. The molecule has 0 aliphatic heterocycles. The zero-order chi connectivity index (χ0) is 13.9. The fourth-order valence-electron chi connectivity index (χ4n) is 3.07. The van der Waals surface area contributed by atoms with Crippen molar-refractivity contribution < 1.29 is 0 Å². The molecule has 0 amide bonds. The van der Waals surface area contributed by atoms with Crippen LogP contribution in [0.15, 0.2) is 12.3 Å². The van der Waals surface area contributed by atoms with E-state index in [0.29, 0.717) is 11.3 Å². The van der Waals surface area contributed by atoms with E-state index in [1.807, 2.05) is 12.3 Å². The van der Waals surface area contributed by atoms with E-state index in [0.717, 1.165) is 24.1 Å². The lowest BCUT2D eigenvalue weighted by molar-refractivity contribution is 0.167. The molecule has 0 saturated heterocycles. The van der Waals surface area contributed by atoms with Crippen LogP contribution in [0, 0.1) is 11.3 Å². The minimum Gasteiger partial charge on any atom is -0.370 e. The Morgan fingerprint density at radius 2 is 1.89 bits per heavy atom. The smallest absolute Gasteiger partial charge is 0.133 e. The zero-order valence-electron chi connectivity index (χ0n) is 12.7. The van der Waals surface area contributed by atoms with Crippen molar-refractivity contribution in [2.45, 2.75) is 59.3 Å². The van der Waals surface area contributed by atoms with Crippen molar-refractivity contribution in [3.63, 3.8) is 0 Å². The van der Waals surface area contributed by atoms with E-state index in [4.69, 9.17) is 0 Å². The van der Waals surface area contributed by atoms with Crippen molar-refractivity contribution in [3.05, 3.63) is 18.1 Å². The van der Waals surface area contributed by atoms with Gasteiger partial charge in [-0.3, -0.25) is 0 Å². The van der Waals surface area contributed by atoms with Crippen LogP contribution in [0.2, 0.25) is 0 Å². The molecule has 3 heteroatoms. The highest BCUT2D eigenvalue weighted by Crippen LogP contribution is 2.42. The summed E-state index contributed by atoms with van der Waals surface area (Å²) in [6, 6.07) is 1.95. The van der Waals surface area contributed by atoms with Crippen molar-refractivity contribution in [3.8, 4) is 0 Å². The molecule has 3 nitrogen and oxygen atoms in total.